The van der Waals surface area contributed by atoms with Crippen LogP contribution in [0.1, 0.15) is 30.7 Å². The molecule has 1 amide bonds. The van der Waals surface area contributed by atoms with Gasteiger partial charge in [0.05, 0.1) is 13.2 Å². The Balaban J connectivity index is 1.60. The molecular formula is C17H23NO3. The van der Waals surface area contributed by atoms with Gasteiger partial charge in [-0.15, -0.1) is 0 Å². The zero-order valence-corrected chi connectivity index (χ0v) is 12.7. The zero-order chi connectivity index (χ0) is 15.0. The predicted molar refractivity (Wildman–Crippen MR) is 80.2 cm³/mol. The Bertz CT molecular complexity index is 527. The summed E-state index contributed by atoms with van der Waals surface area (Å²) in [6.45, 7) is 0.457. The van der Waals surface area contributed by atoms with Crippen molar-refractivity contribution >= 4 is 5.91 Å². The number of hydrogen-bond donors (Lipinski definition) is 1. The Morgan fingerprint density at radius 3 is 2.81 bits per heavy atom. The first-order valence-corrected chi connectivity index (χ1v) is 7.67. The van der Waals surface area contributed by atoms with Crippen molar-refractivity contribution in [2.75, 3.05) is 20.7 Å². The summed E-state index contributed by atoms with van der Waals surface area (Å²) in [6.07, 6.45) is 2.71. The summed E-state index contributed by atoms with van der Waals surface area (Å²) in [5.41, 5.74) is 1.12. The number of aliphatic hydroxyl groups is 1. The number of carbonyl (C=O) groups excluding carboxylic acids is 1. The van der Waals surface area contributed by atoms with E-state index in [0.29, 0.717) is 12.5 Å². The first-order valence-electron chi connectivity index (χ1n) is 7.67. The third-order valence-electron chi connectivity index (χ3n) is 4.65. The van der Waals surface area contributed by atoms with E-state index >= 15 is 0 Å². The van der Waals surface area contributed by atoms with Gasteiger partial charge < -0.3 is 14.7 Å². The number of hydrogen-bond acceptors (Lipinski definition) is 3. The third-order valence-corrected chi connectivity index (χ3v) is 4.65. The molecule has 3 rings (SSSR count). The molecule has 2 aliphatic carbocycles. The average Bonchev–Trinajstić information content (AvgIpc) is 3.39. The molecule has 0 heterocycles. The SMILES string of the molecule is COc1ccccc1C1CC1C(=O)N(C)CC(O)C1CC1. The minimum absolute atomic E-state index is 0.0395. The minimum Gasteiger partial charge on any atom is -0.496 e. The Morgan fingerprint density at radius 2 is 2.14 bits per heavy atom. The summed E-state index contributed by atoms with van der Waals surface area (Å²) >= 11 is 0. The lowest BCUT2D eigenvalue weighted by molar-refractivity contribution is -0.132. The number of likely N-dealkylation sites (N-methyl/N-ethyl adjacent to an activating group) is 1. The number of para-hydroxylation sites is 1. The summed E-state index contributed by atoms with van der Waals surface area (Å²) in [5.74, 6) is 1.71. The van der Waals surface area contributed by atoms with Crippen molar-refractivity contribution in [3.05, 3.63) is 29.8 Å². The third kappa shape index (κ3) is 3.05. The van der Waals surface area contributed by atoms with Crippen molar-refractivity contribution in [2.45, 2.75) is 31.3 Å². The van der Waals surface area contributed by atoms with Crippen LogP contribution in [0, 0.1) is 11.8 Å². The van der Waals surface area contributed by atoms with Gasteiger partial charge in [0.1, 0.15) is 5.75 Å². The summed E-state index contributed by atoms with van der Waals surface area (Å²) < 4.78 is 5.37. The lowest BCUT2D eigenvalue weighted by Crippen LogP contribution is -2.36. The van der Waals surface area contributed by atoms with Crippen molar-refractivity contribution in [1.29, 1.82) is 0 Å². The molecule has 2 aliphatic rings. The summed E-state index contributed by atoms with van der Waals surface area (Å²) in [5, 5.41) is 9.96. The second-order valence-corrected chi connectivity index (χ2v) is 6.31. The van der Waals surface area contributed by atoms with Crippen molar-refractivity contribution in [1.82, 2.24) is 4.90 Å². The van der Waals surface area contributed by atoms with Gasteiger partial charge in [0.25, 0.3) is 0 Å². The van der Waals surface area contributed by atoms with E-state index in [1.807, 2.05) is 24.3 Å². The number of ether oxygens (including phenoxy) is 1. The highest BCUT2D eigenvalue weighted by molar-refractivity contribution is 5.83. The van der Waals surface area contributed by atoms with Gasteiger partial charge >= 0.3 is 0 Å². The summed E-state index contributed by atoms with van der Waals surface area (Å²) in [4.78, 5) is 14.1. The van der Waals surface area contributed by atoms with Crippen LogP contribution in [-0.4, -0.2) is 42.7 Å². The lowest BCUT2D eigenvalue weighted by atomic mass is 10.1. The fourth-order valence-corrected chi connectivity index (χ4v) is 3.07. The standard InChI is InChI=1S/C17H23NO3/c1-18(10-15(19)11-7-8-11)17(20)14-9-13(14)12-5-3-4-6-16(12)21-2/h3-6,11,13-15,19H,7-10H2,1-2H3. The quantitative estimate of drug-likeness (QED) is 0.871. The molecule has 3 unspecified atom stereocenters. The molecule has 0 spiro atoms. The Labute approximate surface area is 125 Å². The molecule has 0 aliphatic heterocycles. The number of carbonyl (C=O) groups is 1. The molecule has 0 radical (unpaired) electrons. The second kappa shape index (κ2) is 5.68. The fraction of sp³-hybridized carbons (Fsp3) is 0.588. The smallest absolute Gasteiger partial charge is 0.226 e. The van der Waals surface area contributed by atoms with Gasteiger partial charge in [0.2, 0.25) is 5.91 Å². The molecule has 0 saturated heterocycles. The monoisotopic (exact) mass is 289 g/mol. The molecule has 4 nitrogen and oxygen atoms in total. The minimum atomic E-state index is -0.359. The van der Waals surface area contributed by atoms with Crippen molar-refractivity contribution in [3.8, 4) is 5.75 Å². The largest absolute Gasteiger partial charge is 0.496 e. The van der Waals surface area contributed by atoms with E-state index < -0.39 is 0 Å². The van der Waals surface area contributed by atoms with Gasteiger partial charge in [0.15, 0.2) is 0 Å². The number of amides is 1. The van der Waals surface area contributed by atoms with Crippen LogP contribution in [0.5, 0.6) is 5.75 Å². The average molecular weight is 289 g/mol. The van der Waals surface area contributed by atoms with E-state index in [2.05, 4.69) is 0 Å². The molecule has 21 heavy (non-hydrogen) atoms. The summed E-state index contributed by atoms with van der Waals surface area (Å²) in [6, 6.07) is 7.91. The molecule has 1 N–H and O–H groups in total. The molecule has 0 bridgehead atoms. The molecule has 1 aromatic rings. The molecule has 1 aromatic carbocycles. The molecule has 3 atom stereocenters. The van der Waals surface area contributed by atoms with Crippen LogP contribution in [0.25, 0.3) is 0 Å². The summed E-state index contributed by atoms with van der Waals surface area (Å²) in [7, 11) is 3.46. The van der Waals surface area contributed by atoms with Gasteiger partial charge in [-0.3, -0.25) is 4.79 Å². The molecule has 4 heteroatoms. The first kappa shape index (κ1) is 14.4. The maximum atomic E-state index is 12.4. The first-order chi connectivity index (χ1) is 10.1. The van der Waals surface area contributed by atoms with E-state index in [4.69, 9.17) is 4.74 Å². The molecule has 2 saturated carbocycles. The highest BCUT2D eigenvalue weighted by atomic mass is 16.5. The van der Waals surface area contributed by atoms with Gasteiger partial charge in [-0.2, -0.15) is 0 Å². The highest BCUT2D eigenvalue weighted by Gasteiger charge is 2.46. The number of nitrogens with zero attached hydrogens (tertiary/aromatic N) is 1. The van der Waals surface area contributed by atoms with Crippen LogP contribution in [0.4, 0.5) is 0 Å². The van der Waals surface area contributed by atoms with E-state index in [9.17, 15) is 9.90 Å². The van der Waals surface area contributed by atoms with Crippen LogP contribution in [-0.2, 0) is 4.79 Å². The molecule has 114 valence electrons. The highest BCUT2D eigenvalue weighted by Crippen LogP contribution is 2.51. The van der Waals surface area contributed by atoms with E-state index in [1.54, 1.807) is 19.1 Å². The van der Waals surface area contributed by atoms with Crippen LogP contribution in [0.15, 0.2) is 24.3 Å². The normalized spacial score (nSPS) is 25.3. The van der Waals surface area contributed by atoms with Gasteiger partial charge in [0, 0.05) is 19.5 Å². The number of aliphatic hydroxyl groups excluding tert-OH is 1. The lowest BCUT2D eigenvalue weighted by Gasteiger charge is -2.21. The maximum absolute atomic E-state index is 12.4. The van der Waals surface area contributed by atoms with Crippen molar-refractivity contribution in [2.24, 2.45) is 11.8 Å². The van der Waals surface area contributed by atoms with E-state index in [0.717, 1.165) is 30.6 Å². The predicted octanol–water partition coefficient (Wildman–Crippen LogP) is 2.03. The van der Waals surface area contributed by atoms with Crippen LogP contribution >= 0.6 is 0 Å². The Morgan fingerprint density at radius 1 is 1.43 bits per heavy atom. The fourth-order valence-electron chi connectivity index (χ4n) is 3.07. The number of rotatable bonds is 6. The second-order valence-electron chi connectivity index (χ2n) is 6.31. The number of benzene rings is 1. The molecule has 2 fully saturated rings. The Hall–Kier alpha value is -1.55. The van der Waals surface area contributed by atoms with Crippen molar-refractivity contribution < 1.29 is 14.6 Å². The maximum Gasteiger partial charge on any atom is 0.226 e. The topological polar surface area (TPSA) is 49.8 Å². The van der Waals surface area contributed by atoms with Crippen LogP contribution < -0.4 is 4.74 Å². The molecular weight excluding hydrogens is 266 g/mol. The van der Waals surface area contributed by atoms with Crippen LogP contribution in [0.2, 0.25) is 0 Å². The molecule has 0 aromatic heterocycles. The van der Waals surface area contributed by atoms with E-state index in [1.165, 1.54) is 0 Å². The Kier molecular flexibility index (Phi) is 3.89. The number of methoxy groups -OCH3 is 1. The van der Waals surface area contributed by atoms with Crippen molar-refractivity contribution in [3.63, 3.8) is 0 Å². The van der Waals surface area contributed by atoms with Gasteiger partial charge in [-0.1, -0.05) is 18.2 Å². The zero-order valence-electron chi connectivity index (χ0n) is 12.7. The van der Waals surface area contributed by atoms with Gasteiger partial charge in [-0.05, 0) is 42.7 Å². The van der Waals surface area contributed by atoms with E-state index in [-0.39, 0.29) is 23.8 Å². The van der Waals surface area contributed by atoms with Crippen LogP contribution in [0.3, 0.4) is 0 Å². The van der Waals surface area contributed by atoms with Gasteiger partial charge in [-0.25, -0.2) is 0 Å².